The molecule has 0 amide bonds. The maximum absolute atomic E-state index is 5.63. The molecule has 3 heteroatoms. The highest BCUT2D eigenvalue weighted by Crippen LogP contribution is 2.66. The average Bonchev–Trinajstić information content (AvgIpc) is 3.05. The van der Waals surface area contributed by atoms with Gasteiger partial charge in [0.05, 0.1) is 11.8 Å². The largest absolute Gasteiger partial charge is 0.362 e. The zero-order chi connectivity index (χ0) is 18.6. The standard InChI is InChI=1S/C24H32NOP/c1-23-12-10-17(26-27)15-16(23)6-7-18-19-8-9-21(22-5-3-4-14-25-22)24(19,2)13-11-20(18)23/h3-6,9,14,17-20H,7-8,10-13,15,27H2,1-2H3/t17-,18?,19?,20?,23-,24-/m0/s1. The quantitative estimate of drug-likeness (QED) is 0.449. The van der Waals surface area contributed by atoms with Gasteiger partial charge in [-0.3, -0.25) is 4.98 Å². The lowest BCUT2D eigenvalue weighted by molar-refractivity contribution is -0.0197. The minimum absolute atomic E-state index is 0.303. The number of rotatable bonds is 2. The first kappa shape index (κ1) is 18.1. The van der Waals surface area contributed by atoms with Gasteiger partial charge in [0.25, 0.3) is 0 Å². The van der Waals surface area contributed by atoms with E-state index < -0.39 is 0 Å². The van der Waals surface area contributed by atoms with E-state index in [1.165, 1.54) is 49.8 Å². The molecule has 27 heavy (non-hydrogen) atoms. The third kappa shape index (κ3) is 2.63. The van der Waals surface area contributed by atoms with Gasteiger partial charge >= 0.3 is 0 Å². The molecule has 4 aliphatic rings. The van der Waals surface area contributed by atoms with E-state index in [4.69, 9.17) is 9.51 Å². The Labute approximate surface area is 166 Å². The van der Waals surface area contributed by atoms with Gasteiger partial charge in [-0.15, -0.1) is 0 Å². The summed E-state index contributed by atoms with van der Waals surface area (Å²) in [5.41, 5.74) is 5.13. The van der Waals surface area contributed by atoms with Crippen molar-refractivity contribution in [1.29, 1.82) is 0 Å². The molecule has 2 nitrogen and oxygen atoms in total. The van der Waals surface area contributed by atoms with Crippen LogP contribution >= 0.6 is 9.47 Å². The Hall–Kier alpha value is -0.980. The Morgan fingerprint density at radius 3 is 2.67 bits per heavy atom. The van der Waals surface area contributed by atoms with Gasteiger partial charge in [0.15, 0.2) is 0 Å². The summed E-state index contributed by atoms with van der Waals surface area (Å²) in [4.78, 5) is 4.70. The molecule has 1 aromatic rings. The highest BCUT2D eigenvalue weighted by Gasteiger charge is 2.56. The molecule has 5 rings (SSSR count). The zero-order valence-electron chi connectivity index (χ0n) is 16.7. The predicted molar refractivity (Wildman–Crippen MR) is 114 cm³/mol. The minimum Gasteiger partial charge on any atom is -0.362 e. The number of aromatic nitrogens is 1. The van der Waals surface area contributed by atoms with Gasteiger partial charge in [0.1, 0.15) is 0 Å². The van der Waals surface area contributed by atoms with E-state index in [1.54, 1.807) is 5.57 Å². The van der Waals surface area contributed by atoms with E-state index in [9.17, 15) is 0 Å². The fourth-order valence-corrected chi connectivity index (χ4v) is 7.46. The summed E-state index contributed by atoms with van der Waals surface area (Å²) in [7, 11) is 2.49. The maximum atomic E-state index is 5.63. The Bertz CT molecular complexity index is 787. The van der Waals surface area contributed by atoms with Crippen molar-refractivity contribution in [1.82, 2.24) is 4.98 Å². The molecule has 0 radical (unpaired) electrons. The fourth-order valence-electron chi connectivity index (χ4n) is 7.23. The van der Waals surface area contributed by atoms with Crippen molar-refractivity contribution in [3.05, 3.63) is 47.8 Å². The van der Waals surface area contributed by atoms with Crippen molar-refractivity contribution in [2.45, 2.75) is 64.9 Å². The van der Waals surface area contributed by atoms with Crippen LogP contribution in [0.1, 0.15) is 64.5 Å². The average molecular weight is 382 g/mol. The van der Waals surface area contributed by atoms with Gasteiger partial charge < -0.3 is 4.52 Å². The minimum atomic E-state index is 0.303. The van der Waals surface area contributed by atoms with Crippen LogP contribution in [0, 0.1) is 28.6 Å². The van der Waals surface area contributed by atoms with Crippen molar-refractivity contribution in [3.8, 4) is 0 Å². The monoisotopic (exact) mass is 381 g/mol. The molecule has 7 atom stereocenters. The maximum Gasteiger partial charge on any atom is 0.0664 e. The summed E-state index contributed by atoms with van der Waals surface area (Å²) in [5, 5.41) is 0. The molecule has 0 aromatic carbocycles. The lowest BCUT2D eigenvalue weighted by Crippen LogP contribution is -2.49. The van der Waals surface area contributed by atoms with Gasteiger partial charge in [0.2, 0.25) is 0 Å². The third-order valence-corrected chi connectivity index (χ3v) is 9.16. The van der Waals surface area contributed by atoms with Gasteiger partial charge in [-0.1, -0.05) is 37.6 Å². The van der Waals surface area contributed by atoms with E-state index >= 15 is 0 Å². The molecule has 4 aliphatic carbocycles. The molecule has 0 bridgehead atoms. The number of pyridine rings is 1. The Balaban J connectivity index is 1.45. The molecular formula is C24H32NOP. The summed E-state index contributed by atoms with van der Waals surface area (Å²) in [6.45, 7) is 5.10. The van der Waals surface area contributed by atoms with Gasteiger partial charge in [-0.05, 0) is 91.2 Å². The van der Waals surface area contributed by atoms with Gasteiger partial charge in [-0.25, -0.2) is 0 Å². The normalized spacial score (nSPS) is 43.2. The molecule has 1 heterocycles. The van der Waals surface area contributed by atoms with Crippen LogP contribution in [-0.2, 0) is 4.52 Å². The number of hydrogen-bond donors (Lipinski definition) is 0. The highest BCUT2D eigenvalue weighted by molar-refractivity contribution is 7.09. The fraction of sp³-hybridized carbons (Fsp3) is 0.625. The topological polar surface area (TPSA) is 22.1 Å². The van der Waals surface area contributed by atoms with E-state index in [1.807, 2.05) is 12.3 Å². The summed E-state index contributed by atoms with van der Waals surface area (Å²) in [6.07, 6.45) is 16.3. The summed E-state index contributed by atoms with van der Waals surface area (Å²) in [6, 6.07) is 6.36. The molecule has 4 unspecified atom stereocenters. The van der Waals surface area contributed by atoms with Crippen LogP contribution in [0.25, 0.3) is 5.57 Å². The van der Waals surface area contributed by atoms with Crippen molar-refractivity contribution < 1.29 is 4.52 Å². The molecular weight excluding hydrogens is 349 g/mol. The van der Waals surface area contributed by atoms with Crippen LogP contribution < -0.4 is 0 Å². The smallest absolute Gasteiger partial charge is 0.0664 e. The summed E-state index contributed by atoms with van der Waals surface area (Å²) < 4.78 is 5.63. The second-order valence-electron chi connectivity index (χ2n) is 9.78. The van der Waals surface area contributed by atoms with Crippen LogP contribution in [-0.4, -0.2) is 11.1 Å². The number of nitrogens with zero attached hydrogens (tertiary/aromatic N) is 1. The molecule has 1 aromatic heterocycles. The van der Waals surface area contributed by atoms with E-state index in [0.717, 1.165) is 24.2 Å². The molecule has 0 saturated heterocycles. The van der Waals surface area contributed by atoms with Gasteiger partial charge in [0, 0.05) is 15.7 Å². The van der Waals surface area contributed by atoms with Crippen molar-refractivity contribution >= 4 is 15.0 Å². The lowest BCUT2D eigenvalue weighted by Gasteiger charge is -2.57. The first-order valence-electron chi connectivity index (χ1n) is 10.7. The van der Waals surface area contributed by atoms with E-state index in [0.29, 0.717) is 16.9 Å². The predicted octanol–water partition coefficient (Wildman–Crippen LogP) is 6.21. The molecule has 144 valence electrons. The summed E-state index contributed by atoms with van der Waals surface area (Å²) in [5.74, 6) is 2.44. The summed E-state index contributed by atoms with van der Waals surface area (Å²) >= 11 is 0. The number of allylic oxidation sites excluding steroid dienone is 3. The van der Waals surface area contributed by atoms with Crippen LogP contribution in [0.5, 0.6) is 0 Å². The Kier molecular flexibility index (Phi) is 4.37. The first-order chi connectivity index (χ1) is 13.1. The highest BCUT2D eigenvalue weighted by atomic mass is 31.0. The van der Waals surface area contributed by atoms with Gasteiger partial charge in [-0.2, -0.15) is 0 Å². The molecule has 0 aliphatic heterocycles. The lowest BCUT2D eigenvalue weighted by atomic mass is 9.47. The van der Waals surface area contributed by atoms with Crippen LogP contribution in [0.2, 0.25) is 0 Å². The van der Waals surface area contributed by atoms with Crippen LogP contribution in [0.15, 0.2) is 42.1 Å². The molecule has 2 fully saturated rings. The third-order valence-electron chi connectivity index (χ3n) is 8.77. The van der Waals surface area contributed by atoms with E-state index in [2.05, 4.69) is 47.6 Å². The van der Waals surface area contributed by atoms with Crippen molar-refractivity contribution in [2.24, 2.45) is 28.6 Å². The SMILES string of the molecule is C[C@]12CC[C@H](OP)CC1=CCC1C2CC[C@]2(C)C(c3ccccn3)=CCC12. The molecule has 0 spiro atoms. The second kappa shape index (κ2) is 6.53. The number of hydrogen-bond acceptors (Lipinski definition) is 2. The van der Waals surface area contributed by atoms with E-state index in [-0.39, 0.29) is 0 Å². The van der Waals surface area contributed by atoms with Crippen LogP contribution in [0.3, 0.4) is 0 Å². The van der Waals surface area contributed by atoms with Crippen molar-refractivity contribution in [2.75, 3.05) is 0 Å². The molecule has 2 saturated carbocycles. The second-order valence-corrected chi connectivity index (χ2v) is 10.1. The number of fused-ring (bicyclic) bond motifs is 5. The zero-order valence-corrected chi connectivity index (χ0v) is 17.8. The Morgan fingerprint density at radius 2 is 1.89 bits per heavy atom. The first-order valence-corrected chi connectivity index (χ1v) is 11.2. The van der Waals surface area contributed by atoms with Crippen LogP contribution in [0.4, 0.5) is 0 Å². The van der Waals surface area contributed by atoms with Crippen molar-refractivity contribution in [3.63, 3.8) is 0 Å². The molecule has 0 N–H and O–H groups in total. The Morgan fingerprint density at radius 1 is 1.04 bits per heavy atom.